The van der Waals surface area contributed by atoms with E-state index in [4.69, 9.17) is 4.98 Å². The lowest BCUT2D eigenvalue weighted by atomic mass is 9.90. The number of hydrogen-bond acceptors (Lipinski definition) is 6. The molecule has 1 saturated heterocycles. The lowest BCUT2D eigenvalue weighted by Gasteiger charge is -2.33. The van der Waals surface area contributed by atoms with Gasteiger partial charge in [-0.05, 0) is 31.4 Å². The SMILES string of the molecule is CCCc1nc(N2CCCC(C(=O)c3cccnc3)C2)c2cnn(C)c2n1. The standard InChI is InChI=1S/C20H24N6O/c1-3-6-17-23-19-16(12-22-25(19)2)20(24-17)26-10-5-8-15(13-26)18(27)14-7-4-9-21-11-14/h4,7,9,11-12,15H,3,5-6,8,10,13H2,1-2H3. The third-order valence-electron chi connectivity index (χ3n) is 5.13. The Morgan fingerprint density at radius 1 is 1.30 bits per heavy atom. The molecule has 4 heterocycles. The average Bonchev–Trinajstić information content (AvgIpc) is 3.09. The number of Topliss-reactive ketones (excluding diaryl/α,β-unsaturated/α-hetero) is 1. The number of fused-ring (bicyclic) bond motifs is 1. The number of aromatic nitrogens is 5. The van der Waals surface area contributed by atoms with E-state index >= 15 is 0 Å². The molecule has 140 valence electrons. The number of hydrogen-bond donors (Lipinski definition) is 0. The van der Waals surface area contributed by atoms with Crippen LogP contribution in [0.1, 0.15) is 42.4 Å². The summed E-state index contributed by atoms with van der Waals surface area (Å²) < 4.78 is 1.79. The van der Waals surface area contributed by atoms with E-state index in [1.54, 1.807) is 17.1 Å². The fourth-order valence-electron chi connectivity index (χ4n) is 3.76. The van der Waals surface area contributed by atoms with Gasteiger partial charge in [0.25, 0.3) is 0 Å². The minimum absolute atomic E-state index is 0.0424. The number of piperidine rings is 1. The van der Waals surface area contributed by atoms with Gasteiger partial charge in [-0.3, -0.25) is 14.5 Å². The first-order valence-electron chi connectivity index (χ1n) is 9.55. The second-order valence-electron chi connectivity index (χ2n) is 7.11. The molecule has 0 aromatic carbocycles. The van der Waals surface area contributed by atoms with Crippen LogP contribution in [0.2, 0.25) is 0 Å². The second-order valence-corrected chi connectivity index (χ2v) is 7.11. The van der Waals surface area contributed by atoms with Crippen molar-refractivity contribution in [2.45, 2.75) is 32.6 Å². The molecule has 0 bridgehead atoms. The maximum Gasteiger partial charge on any atom is 0.169 e. The average molecular weight is 364 g/mol. The van der Waals surface area contributed by atoms with E-state index in [2.05, 4.69) is 26.9 Å². The highest BCUT2D eigenvalue weighted by Crippen LogP contribution is 2.29. The molecule has 1 aliphatic heterocycles. The van der Waals surface area contributed by atoms with Crippen molar-refractivity contribution in [3.8, 4) is 0 Å². The zero-order chi connectivity index (χ0) is 18.8. The highest BCUT2D eigenvalue weighted by molar-refractivity contribution is 5.98. The summed E-state index contributed by atoms with van der Waals surface area (Å²) in [6.45, 7) is 3.68. The van der Waals surface area contributed by atoms with Gasteiger partial charge in [-0.1, -0.05) is 6.92 Å². The minimum Gasteiger partial charge on any atom is -0.355 e. The fraction of sp³-hybridized carbons (Fsp3) is 0.450. The lowest BCUT2D eigenvalue weighted by molar-refractivity contribution is 0.0906. The van der Waals surface area contributed by atoms with Crippen LogP contribution in [0.25, 0.3) is 11.0 Å². The Morgan fingerprint density at radius 2 is 2.19 bits per heavy atom. The van der Waals surface area contributed by atoms with Gasteiger partial charge in [0.1, 0.15) is 11.6 Å². The van der Waals surface area contributed by atoms with Crippen LogP contribution in [0.15, 0.2) is 30.7 Å². The van der Waals surface area contributed by atoms with Crippen molar-refractivity contribution in [3.05, 3.63) is 42.1 Å². The molecule has 3 aromatic rings. The molecule has 7 heteroatoms. The van der Waals surface area contributed by atoms with Crippen LogP contribution in [-0.4, -0.2) is 43.6 Å². The third kappa shape index (κ3) is 3.41. The van der Waals surface area contributed by atoms with Crippen molar-refractivity contribution in [1.82, 2.24) is 24.7 Å². The summed E-state index contributed by atoms with van der Waals surface area (Å²) in [7, 11) is 1.90. The van der Waals surface area contributed by atoms with Crippen LogP contribution in [0, 0.1) is 5.92 Å². The Morgan fingerprint density at radius 3 is 2.96 bits per heavy atom. The highest BCUT2D eigenvalue weighted by Gasteiger charge is 2.29. The molecule has 27 heavy (non-hydrogen) atoms. The van der Waals surface area contributed by atoms with Gasteiger partial charge < -0.3 is 4.90 Å². The Hall–Kier alpha value is -2.83. The number of pyridine rings is 1. The predicted molar refractivity (Wildman–Crippen MR) is 104 cm³/mol. The molecule has 1 unspecified atom stereocenters. The molecule has 1 fully saturated rings. The topological polar surface area (TPSA) is 76.8 Å². The zero-order valence-electron chi connectivity index (χ0n) is 15.8. The van der Waals surface area contributed by atoms with Crippen LogP contribution in [0.3, 0.4) is 0 Å². The van der Waals surface area contributed by atoms with Gasteiger partial charge in [-0.15, -0.1) is 0 Å². The Kier molecular flexibility index (Phi) is 4.83. The number of rotatable bonds is 5. The van der Waals surface area contributed by atoms with Crippen molar-refractivity contribution in [2.24, 2.45) is 13.0 Å². The van der Waals surface area contributed by atoms with E-state index in [-0.39, 0.29) is 11.7 Å². The molecule has 4 rings (SSSR count). The largest absolute Gasteiger partial charge is 0.355 e. The van der Waals surface area contributed by atoms with E-state index in [9.17, 15) is 4.79 Å². The van der Waals surface area contributed by atoms with Gasteiger partial charge in [0.15, 0.2) is 11.4 Å². The molecule has 3 aromatic heterocycles. The molecular formula is C20H24N6O. The van der Waals surface area contributed by atoms with Crippen molar-refractivity contribution >= 4 is 22.6 Å². The molecule has 1 atom stereocenters. The summed E-state index contributed by atoms with van der Waals surface area (Å²) >= 11 is 0. The number of anilines is 1. The van der Waals surface area contributed by atoms with Gasteiger partial charge in [0.05, 0.1) is 11.6 Å². The third-order valence-corrected chi connectivity index (χ3v) is 5.13. The van der Waals surface area contributed by atoms with Gasteiger partial charge in [0.2, 0.25) is 0 Å². The normalized spacial score (nSPS) is 17.4. The van der Waals surface area contributed by atoms with E-state index in [0.29, 0.717) is 12.1 Å². The maximum absolute atomic E-state index is 12.9. The van der Waals surface area contributed by atoms with Gasteiger partial charge in [0, 0.05) is 50.4 Å². The number of carbonyl (C=O) groups excluding carboxylic acids is 1. The number of ketones is 1. The Labute approximate surface area is 158 Å². The summed E-state index contributed by atoms with van der Waals surface area (Å²) in [5.74, 6) is 1.86. The smallest absolute Gasteiger partial charge is 0.169 e. The van der Waals surface area contributed by atoms with Crippen LogP contribution in [0.5, 0.6) is 0 Å². The summed E-state index contributed by atoms with van der Waals surface area (Å²) in [5.41, 5.74) is 1.54. The van der Waals surface area contributed by atoms with Gasteiger partial charge >= 0.3 is 0 Å². The highest BCUT2D eigenvalue weighted by atomic mass is 16.1. The van der Waals surface area contributed by atoms with E-state index in [0.717, 1.165) is 54.9 Å². The first kappa shape index (κ1) is 17.6. The summed E-state index contributed by atoms with van der Waals surface area (Å²) in [6, 6.07) is 3.66. The van der Waals surface area contributed by atoms with Crippen molar-refractivity contribution in [1.29, 1.82) is 0 Å². The van der Waals surface area contributed by atoms with Gasteiger partial charge in [-0.25, -0.2) is 9.97 Å². The molecule has 0 N–H and O–H groups in total. The number of nitrogens with zero attached hydrogens (tertiary/aromatic N) is 6. The van der Waals surface area contributed by atoms with Crippen molar-refractivity contribution in [3.63, 3.8) is 0 Å². The molecule has 0 amide bonds. The van der Waals surface area contributed by atoms with Crippen LogP contribution in [0.4, 0.5) is 5.82 Å². The Balaban J connectivity index is 1.66. The number of carbonyl (C=O) groups is 1. The first-order valence-corrected chi connectivity index (χ1v) is 9.55. The lowest BCUT2D eigenvalue weighted by Crippen LogP contribution is -2.39. The monoisotopic (exact) mass is 364 g/mol. The van der Waals surface area contributed by atoms with Crippen molar-refractivity contribution < 1.29 is 4.79 Å². The zero-order valence-corrected chi connectivity index (χ0v) is 15.8. The van der Waals surface area contributed by atoms with E-state index in [1.807, 2.05) is 25.4 Å². The molecule has 0 radical (unpaired) electrons. The van der Waals surface area contributed by atoms with Gasteiger partial charge in [-0.2, -0.15) is 5.10 Å². The summed E-state index contributed by atoms with van der Waals surface area (Å²) in [5, 5.41) is 5.32. The van der Waals surface area contributed by atoms with Crippen LogP contribution in [-0.2, 0) is 13.5 Å². The molecule has 0 aliphatic carbocycles. The van der Waals surface area contributed by atoms with Crippen LogP contribution >= 0.6 is 0 Å². The number of aryl methyl sites for hydroxylation is 2. The Bertz CT molecular complexity index is 952. The predicted octanol–water partition coefficient (Wildman–Crippen LogP) is 2.81. The minimum atomic E-state index is -0.0424. The molecule has 0 saturated carbocycles. The quantitative estimate of drug-likeness (QED) is 0.648. The maximum atomic E-state index is 12.9. The van der Waals surface area contributed by atoms with E-state index < -0.39 is 0 Å². The van der Waals surface area contributed by atoms with Crippen LogP contribution < -0.4 is 4.90 Å². The molecule has 0 spiro atoms. The van der Waals surface area contributed by atoms with Crippen molar-refractivity contribution in [2.75, 3.05) is 18.0 Å². The molecule has 1 aliphatic rings. The molecular weight excluding hydrogens is 340 g/mol. The first-order chi connectivity index (χ1) is 13.2. The fourth-order valence-corrected chi connectivity index (χ4v) is 3.76. The summed E-state index contributed by atoms with van der Waals surface area (Å²) in [6.07, 6.45) is 8.86. The molecule has 7 nitrogen and oxygen atoms in total. The summed E-state index contributed by atoms with van der Waals surface area (Å²) in [4.78, 5) is 28.7. The second kappa shape index (κ2) is 7.42. The van der Waals surface area contributed by atoms with E-state index in [1.165, 1.54) is 0 Å².